The van der Waals surface area contributed by atoms with Gasteiger partial charge in [-0.25, -0.2) is 4.39 Å². The van der Waals surface area contributed by atoms with E-state index in [0.29, 0.717) is 24.4 Å². The molecule has 33 heavy (non-hydrogen) atoms. The molecule has 3 aromatic rings. The van der Waals surface area contributed by atoms with E-state index in [4.69, 9.17) is 4.74 Å². The number of rotatable bonds is 8. The van der Waals surface area contributed by atoms with Crippen molar-refractivity contribution in [2.24, 2.45) is 0 Å². The van der Waals surface area contributed by atoms with E-state index < -0.39 is 0 Å². The third-order valence-corrected chi connectivity index (χ3v) is 6.74. The summed E-state index contributed by atoms with van der Waals surface area (Å²) in [7, 11) is 0. The van der Waals surface area contributed by atoms with E-state index in [0.717, 1.165) is 18.4 Å². The minimum Gasteiger partial charge on any atom is -0.491 e. The van der Waals surface area contributed by atoms with Crippen molar-refractivity contribution < 1.29 is 18.7 Å². The number of benzene rings is 2. The minimum atomic E-state index is -0.366. The number of hydrogen-bond acceptors (Lipinski definition) is 4. The summed E-state index contributed by atoms with van der Waals surface area (Å²) < 4.78 is 19.5. The molecule has 0 unspecified atom stereocenters. The highest BCUT2D eigenvalue weighted by Crippen LogP contribution is 2.34. The molecule has 2 aromatic carbocycles. The van der Waals surface area contributed by atoms with E-state index in [2.05, 4.69) is 0 Å². The molecule has 2 amide bonds. The quantitative estimate of drug-likeness (QED) is 0.472. The molecule has 1 aliphatic heterocycles. The lowest BCUT2D eigenvalue weighted by Gasteiger charge is -2.37. The first-order chi connectivity index (χ1) is 16.1. The zero-order valence-electron chi connectivity index (χ0n) is 18.6. The van der Waals surface area contributed by atoms with Gasteiger partial charge in [0, 0.05) is 29.6 Å². The van der Waals surface area contributed by atoms with Crippen LogP contribution in [0.15, 0.2) is 66.0 Å². The van der Waals surface area contributed by atoms with Crippen molar-refractivity contribution in [3.05, 3.63) is 87.9 Å². The van der Waals surface area contributed by atoms with Crippen molar-refractivity contribution in [2.45, 2.75) is 25.8 Å². The number of nitrogens with zero attached hydrogens (tertiary/aromatic N) is 2. The van der Waals surface area contributed by atoms with Gasteiger partial charge < -0.3 is 14.5 Å². The van der Waals surface area contributed by atoms with E-state index in [-0.39, 0.29) is 36.8 Å². The van der Waals surface area contributed by atoms with Gasteiger partial charge in [-0.05, 0) is 54.1 Å². The summed E-state index contributed by atoms with van der Waals surface area (Å²) in [5.41, 5.74) is 1.64. The molecule has 0 radical (unpaired) electrons. The molecule has 0 saturated heterocycles. The Bertz CT molecular complexity index is 1100. The molecule has 1 aromatic heterocycles. The van der Waals surface area contributed by atoms with Gasteiger partial charge >= 0.3 is 0 Å². The van der Waals surface area contributed by atoms with Crippen LogP contribution in [-0.4, -0.2) is 47.9 Å². The maximum absolute atomic E-state index is 13.6. The van der Waals surface area contributed by atoms with Crippen LogP contribution in [0, 0.1) is 5.82 Å². The highest BCUT2D eigenvalue weighted by Gasteiger charge is 2.33. The van der Waals surface area contributed by atoms with E-state index in [1.165, 1.54) is 17.0 Å². The van der Waals surface area contributed by atoms with Crippen LogP contribution in [0.5, 0.6) is 5.75 Å². The van der Waals surface area contributed by atoms with Crippen LogP contribution < -0.4 is 4.74 Å². The second-order valence-corrected chi connectivity index (χ2v) is 9.01. The number of carbonyl (C=O) groups is 2. The maximum atomic E-state index is 13.6. The average molecular weight is 467 g/mol. The lowest BCUT2D eigenvalue weighted by Crippen LogP contribution is -2.48. The number of ether oxygens (including phenoxy) is 1. The van der Waals surface area contributed by atoms with Crippen molar-refractivity contribution in [2.75, 3.05) is 26.2 Å². The molecule has 7 heteroatoms. The van der Waals surface area contributed by atoms with Crippen molar-refractivity contribution >= 4 is 23.2 Å². The van der Waals surface area contributed by atoms with Crippen LogP contribution in [0.2, 0.25) is 0 Å². The van der Waals surface area contributed by atoms with Crippen LogP contribution in [0.3, 0.4) is 0 Å². The highest BCUT2D eigenvalue weighted by molar-refractivity contribution is 7.10. The number of fused-ring (bicyclic) bond motifs is 1. The second-order valence-electron chi connectivity index (χ2n) is 8.01. The fourth-order valence-corrected chi connectivity index (χ4v) is 5.07. The Morgan fingerprint density at radius 3 is 2.73 bits per heavy atom. The van der Waals surface area contributed by atoms with Crippen LogP contribution in [-0.2, 0) is 11.2 Å². The Morgan fingerprint density at radius 1 is 1.15 bits per heavy atom. The number of carbonyl (C=O) groups excluding carboxylic acids is 2. The predicted octanol–water partition coefficient (Wildman–Crippen LogP) is 4.94. The Hall–Kier alpha value is -3.19. The lowest BCUT2D eigenvalue weighted by atomic mass is 10.0. The van der Waals surface area contributed by atoms with Gasteiger partial charge in [0.1, 0.15) is 24.7 Å². The Balaban J connectivity index is 1.52. The van der Waals surface area contributed by atoms with Gasteiger partial charge in [0.15, 0.2) is 0 Å². The number of amides is 2. The zero-order chi connectivity index (χ0) is 23.2. The summed E-state index contributed by atoms with van der Waals surface area (Å²) in [5.74, 6) is -0.199. The van der Waals surface area contributed by atoms with Crippen molar-refractivity contribution in [1.82, 2.24) is 9.80 Å². The summed E-state index contributed by atoms with van der Waals surface area (Å²) in [6.07, 6.45) is 1.53. The maximum Gasteiger partial charge on any atom is 0.254 e. The Morgan fingerprint density at radius 2 is 1.97 bits per heavy atom. The summed E-state index contributed by atoms with van der Waals surface area (Å²) >= 11 is 1.67. The first-order valence-corrected chi connectivity index (χ1v) is 12.0. The standard InChI is InChI=1S/C26H27FN2O3S/c1-2-13-28(26(31)19-7-4-3-5-8-19)17-25(30)29-14-11-24-22(12-15-33-24)23(29)18-32-21-10-6-9-20(27)16-21/h3-10,12,15-16,23H,2,11,13-14,17-18H2,1H3/t23-/m0/s1. The van der Waals surface area contributed by atoms with E-state index in [9.17, 15) is 14.0 Å². The van der Waals surface area contributed by atoms with Crippen LogP contribution >= 0.6 is 11.3 Å². The van der Waals surface area contributed by atoms with Gasteiger partial charge in [-0.2, -0.15) is 0 Å². The summed E-state index contributed by atoms with van der Waals surface area (Å²) in [6.45, 7) is 3.28. The van der Waals surface area contributed by atoms with Gasteiger partial charge in [-0.1, -0.05) is 31.2 Å². The van der Waals surface area contributed by atoms with Crippen molar-refractivity contribution in [3.8, 4) is 5.75 Å². The number of thiophene rings is 1. The fourth-order valence-electron chi connectivity index (χ4n) is 4.15. The van der Waals surface area contributed by atoms with Gasteiger partial charge in [-0.3, -0.25) is 9.59 Å². The van der Waals surface area contributed by atoms with Crippen LogP contribution in [0.4, 0.5) is 4.39 Å². The first kappa shape index (κ1) is 23.0. The molecule has 0 N–H and O–H groups in total. The normalized spacial score (nSPS) is 15.1. The number of halogens is 1. The molecular weight excluding hydrogens is 439 g/mol. The monoisotopic (exact) mass is 466 g/mol. The molecule has 1 aliphatic rings. The fraction of sp³-hybridized carbons (Fsp3) is 0.308. The Kier molecular flexibility index (Phi) is 7.40. The SMILES string of the molecule is CCCN(CC(=O)N1CCc2sccc2[C@@H]1COc1cccc(F)c1)C(=O)c1ccccc1. The molecule has 172 valence electrons. The third kappa shape index (κ3) is 5.42. The summed E-state index contributed by atoms with van der Waals surface area (Å²) in [4.78, 5) is 31.1. The lowest BCUT2D eigenvalue weighted by molar-refractivity contribution is -0.135. The largest absolute Gasteiger partial charge is 0.491 e. The van der Waals surface area contributed by atoms with Crippen molar-refractivity contribution in [1.29, 1.82) is 0 Å². The molecule has 0 aliphatic carbocycles. The smallest absolute Gasteiger partial charge is 0.254 e. The molecule has 0 fully saturated rings. The first-order valence-electron chi connectivity index (χ1n) is 11.1. The topological polar surface area (TPSA) is 49.9 Å². The van der Waals surface area contributed by atoms with Crippen LogP contribution in [0.25, 0.3) is 0 Å². The molecule has 0 bridgehead atoms. The summed E-state index contributed by atoms with van der Waals surface area (Å²) in [5, 5.41) is 2.02. The van der Waals surface area contributed by atoms with Gasteiger partial charge in [0.2, 0.25) is 5.91 Å². The predicted molar refractivity (Wildman–Crippen MR) is 127 cm³/mol. The Labute approximate surface area is 197 Å². The van der Waals surface area contributed by atoms with E-state index in [1.807, 2.05) is 36.6 Å². The van der Waals surface area contributed by atoms with Crippen LogP contribution in [0.1, 0.15) is 40.2 Å². The van der Waals surface area contributed by atoms with Gasteiger partial charge in [0.25, 0.3) is 5.91 Å². The molecule has 4 rings (SSSR count). The molecule has 0 saturated carbocycles. The average Bonchev–Trinajstić information content (AvgIpc) is 3.31. The summed E-state index contributed by atoms with van der Waals surface area (Å²) in [6, 6.07) is 16.8. The highest BCUT2D eigenvalue weighted by atomic mass is 32.1. The molecular formula is C26H27FN2O3S. The molecule has 5 nitrogen and oxygen atoms in total. The minimum absolute atomic E-state index is 0.0114. The van der Waals surface area contributed by atoms with E-state index in [1.54, 1.807) is 45.4 Å². The third-order valence-electron chi connectivity index (χ3n) is 5.75. The van der Waals surface area contributed by atoms with E-state index >= 15 is 0 Å². The van der Waals surface area contributed by atoms with Crippen molar-refractivity contribution in [3.63, 3.8) is 0 Å². The molecule has 2 heterocycles. The molecule has 1 atom stereocenters. The zero-order valence-corrected chi connectivity index (χ0v) is 19.4. The molecule has 0 spiro atoms. The number of hydrogen-bond donors (Lipinski definition) is 0. The van der Waals surface area contributed by atoms with Gasteiger partial charge in [0.05, 0.1) is 6.04 Å². The van der Waals surface area contributed by atoms with Gasteiger partial charge in [-0.15, -0.1) is 11.3 Å². The second kappa shape index (κ2) is 10.6.